The van der Waals surface area contributed by atoms with E-state index in [4.69, 9.17) is 9.41 Å². The first-order valence-electron chi connectivity index (χ1n) is 10.6. The Labute approximate surface area is 182 Å². The maximum absolute atomic E-state index is 5.63. The number of hydrogen-bond acceptors (Lipinski definition) is 5. The zero-order valence-electron chi connectivity index (χ0n) is 17.4. The molecule has 30 heavy (non-hydrogen) atoms. The van der Waals surface area contributed by atoms with E-state index >= 15 is 0 Å². The molecule has 0 bridgehead atoms. The summed E-state index contributed by atoms with van der Waals surface area (Å²) < 4.78 is 5.63. The van der Waals surface area contributed by atoms with Crippen LogP contribution in [-0.2, 0) is 6.54 Å². The zero-order chi connectivity index (χ0) is 20.6. The molecule has 2 aromatic heterocycles. The number of aromatic nitrogens is 1. The highest BCUT2D eigenvalue weighted by Crippen LogP contribution is 2.27. The van der Waals surface area contributed by atoms with Crippen LogP contribution in [0.2, 0.25) is 0 Å². The Bertz CT molecular complexity index is 916. The lowest BCUT2D eigenvalue weighted by Crippen LogP contribution is -2.42. The molecule has 0 aliphatic carbocycles. The van der Waals surface area contributed by atoms with Crippen molar-refractivity contribution < 1.29 is 4.42 Å². The van der Waals surface area contributed by atoms with Crippen molar-refractivity contribution in [1.82, 2.24) is 20.5 Å². The fraction of sp³-hybridized carbons (Fsp3) is 0.391. The van der Waals surface area contributed by atoms with Gasteiger partial charge in [-0.25, -0.2) is 9.98 Å². The third-order valence-electron chi connectivity index (χ3n) is 5.23. The van der Waals surface area contributed by atoms with Gasteiger partial charge >= 0.3 is 0 Å². The summed E-state index contributed by atoms with van der Waals surface area (Å²) in [5.41, 5.74) is 1.79. The van der Waals surface area contributed by atoms with Crippen molar-refractivity contribution >= 4 is 17.3 Å². The van der Waals surface area contributed by atoms with Crippen molar-refractivity contribution in [2.75, 3.05) is 26.2 Å². The molecule has 2 N–H and O–H groups in total. The zero-order valence-corrected chi connectivity index (χ0v) is 18.2. The molecule has 0 amide bonds. The van der Waals surface area contributed by atoms with Crippen molar-refractivity contribution in [1.29, 1.82) is 0 Å². The maximum atomic E-state index is 5.63. The average molecular weight is 424 g/mol. The molecule has 1 saturated heterocycles. The van der Waals surface area contributed by atoms with E-state index in [9.17, 15) is 0 Å². The lowest BCUT2D eigenvalue weighted by molar-refractivity contribution is 0.249. The fourth-order valence-electron chi connectivity index (χ4n) is 3.73. The molecule has 1 aromatic carbocycles. The number of thiophene rings is 1. The van der Waals surface area contributed by atoms with Gasteiger partial charge in [-0.2, -0.15) is 0 Å². The third-order valence-corrected chi connectivity index (χ3v) is 6.21. The molecule has 1 aliphatic rings. The maximum Gasteiger partial charge on any atom is 0.226 e. The van der Waals surface area contributed by atoms with Crippen LogP contribution in [-0.4, -0.2) is 42.0 Å². The monoisotopic (exact) mass is 423 g/mol. The number of oxazole rings is 1. The second-order valence-electron chi connectivity index (χ2n) is 7.36. The van der Waals surface area contributed by atoms with Crippen LogP contribution in [0.3, 0.4) is 0 Å². The first-order chi connectivity index (χ1) is 14.8. The summed E-state index contributed by atoms with van der Waals surface area (Å²) in [6, 6.07) is 14.7. The minimum atomic E-state index is 0.382. The predicted octanol–water partition coefficient (Wildman–Crippen LogP) is 4.30. The Kier molecular flexibility index (Phi) is 7.16. The molecule has 158 valence electrons. The first-order valence-corrected chi connectivity index (χ1v) is 11.5. The quantitative estimate of drug-likeness (QED) is 0.418. The second kappa shape index (κ2) is 10.4. The van der Waals surface area contributed by atoms with Gasteiger partial charge in [0.25, 0.3) is 0 Å². The van der Waals surface area contributed by atoms with Gasteiger partial charge in [0.2, 0.25) is 5.89 Å². The van der Waals surface area contributed by atoms with Crippen molar-refractivity contribution in [3.63, 3.8) is 0 Å². The molecule has 0 saturated carbocycles. The Morgan fingerprint density at radius 3 is 2.73 bits per heavy atom. The van der Waals surface area contributed by atoms with Crippen LogP contribution in [0.4, 0.5) is 0 Å². The minimum absolute atomic E-state index is 0.382. The van der Waals surface area contributed by atoms with Crippen LogP contribution >= 0.6 is 11.3 Å². The van der Waals surface area contributed by atoms with Gasteiger partial charge in [-0.15, -0.1) is 11.3 Å². The Morgan fingerprint density at radius 1 is 1.17 bits per heavy atom. The van der Waals surface area contributed by atoms with Crippen LogP contribution in [0, 0.1) is 0 Å². The van der Waals surface area contributed by atoms with Gasteiger partial charge in [-0.05, 0) is 56.4 Å². The number of nitrogens with zero attached hydrogens (tertiary/aromatic N) is 3. The molecule has 0 spiro atoms. The molecule has 1 fully saturated rings. The largest absolute Gasteiger partial charge is 0.444 e. The van der Waals surface area contributed by atoms with E-state index in [1.807, 2.05) is 41.7 Å². The van der Waals surface area contributed by atoms with E-state index in [2.05, 4.69) is 45.0 Å². The highest BCUT2D eigenvalue weighted by molar-refractivity contribution is 7.10. The standard InChI is InChI=1S/C23H29N5OS/c1-2-24-23(25-15-19-17-29-22(27-19)18-9-4-3-5-10-18)26-16-20(21-11-8-14-30-21)28-12-6-7-13-28/h3-5,8-11,14,17,20H,2,6-7,12-13,15-16H2,1H3,(H2,24,25,26). The molecule has 4 rings (SSSR count). The number of benzene rings is 1. The SMILES string of the molecule is CCNC(=NCc1coc(-c2ccccc2)n1)NCC(c1cccs1)N1CCCC1. The summed E-state index contributed by atoms with van der Waals surface area (Å²) in [6.45, 7) is 6.53. The summed E-state index contributed by atoms with van der Waals surface area (Å²) in [5, 5.41) is 9.05. The molecule has 3 heterocycles. The predicted molar refractivity (Wildman–Crippen MR) is 123 cm³/mol. The van der Waals surface area contributed by atoms with E-state index in [1.165, 1.54) is 30.8 Å². The Morgan fingerprint density at radius 2 is 2.00 bits per heavy atom. The normalized spacial score (nSPS) is 16.0. The number of aliphatic imine (C=N–C) groups is 1. The van der Waals surface area contributed by atoms with Crippen molar-refractivity contribution in [2.24, 2.45) is 4.99 Å². The molecule has 1 aliphatic heterocycles. The van der Waals surface area contributed by atoms with E-state index in [0.717, 1.165) is 30.3 Å². The fourth-order valence-corrected chi connectivity index (χ4v) is 4.59. The lowest BCUT2D eigenvalue weighted by atomic mass is 10.2. The van der Waals surface area contributed by atoms with Crippen LogP contribution < -0.4 is 10.6 Å². The van der Waals surface area contributed by atoms with Crippen molar-refractivity contribution in [3.8, 4) is 11.5 Å². The van der Waals surface area contributed by atoms with Crippen LogP contribution in [0.5, 0.6) is 0 Å². The van der Waals surface area contributed by atoms with Gasteiger partial charge in [0.1, 0.15) is 12.0 Å². The smallest absolute Gasteiger partial charge is 0.226 e. The second-order valence-corrected chi connectivity index (χ2v) is 8.34. The number of likely N-dealkylation sites (tertiary alicyclic amines) is 1. The molecule has 6 nitrogen and oxygen atoms in total. The van der Waals surface area contributed by atoms with E-state index < -0.39 is 0 Å². The van der Waals surface area contributed by atoms with Crippen molar-refractivity contribution in [3.05, 3.63) is 64.7 Å². The van der Waals surface area contributed by atoms with Gasteiger partial charge in [0.15, 0.2) is 5.96 Å². The minimum Gasteiger partial charge on any atom is -0.444 e. The number of rotatable bonds is 8. The molecule has 7 heteroatoms. The first kappa shape index (κ1) is 20.6. The highest BCUT2D eigenvalue weighted by Gasteiger charge is 2.24. The van der Waals surface area contributed by atoms with Gasteiger partial charge in [0, 0.05) is 23.5 Å². The summed E-state index contributed by atoms with van der Waals surface area (Å²) in [4.78, 5) is 13.3. The molecule has 1 unspecified atom stereocenters. The number of hydrogen-bond donors (Lipinski definition) is 2. The lowest BCUT2D eigenvalue weighted by Gasteiger charge is -2.27. The van der Waals surface area contributed by atoms with Crippen molar-refractivity contribution in [2.45, 2.75) is 32.4 Å². The van der Waals surface area contributed by atoms with Gasteiger partial charge in [0.05, 0.1) is 12.6 Å². The molecule has 1 atom stereocenters. The van der Waals surface area contributed by atoms with Crippen LogP contribution in [0.15, 0.2) is 63.5 Å². The van der Waals surface area contributed by atoms with Gasteiger partial charge in [-0.3, -0.25) is 4.90 Å². The molecule has 3 aromatic rings. The molecular formula is C23H29N5OS. The summed E-state index contributed by atoms with van der Waals surface area (Å²) in [5.74, 6) is 1.44. The summed E-state index contributed by atoms with van der Waals surface area (Å²) in [6.07, 6.45) is 4.26. The Hall–Kier alpha value is -2.64. The number of guanidine groups is 1. The van der Waals surface area contributed by atoms with Crippen LogP contribution in [0.25, 0.3) is 11.5 Å². The highest BCUT2D eigenvalue weighted by atomic mass is 32.1. The summed E-state index contributed by atoms with van der Waals surface area (Å²) >= 11 is 1.83. The average Bonchev–Trinajstić information content (AvgIpc) is 3.56. The van der Waals surface area contributed by atoms with Gasteiger partial charge in [-0.1, -0.05) is 24.3 Å². The van der Waals surface area contributed by atoms with E-state index in [-0.39, 0.29) is 0 Å². The topological polar surface area (TPSA) is 65.7 Å². The summed E-state index contributed by atoms with van der Waals surface area (Å²) in [7, 11) is 0. The third kappa shape index (κ3) is 5.29. The Balaban J connectivity index is 1.40. The van der Waals surface area contributed by atoms with E-state index in [1.54, 1.807) is 6.26 Å². The van der Waals surface area contributed by atoms with Crippen LogP contribution in [0.1, 0.15) is 36.4 Å². The van der Waals surface area contributed by atoms with E-state index in [0.29, 0.717) is 18.5 Å². The molecular weight excluding hydrogens is 394 g/mol. The molecule has 0 radical (unpaired) electrons. The number of nitrogens with one attached hydrogen (secondary N) is 2. The van der Waals surface area contributed by atoms with Gasteiger partial charge < -0.3 is 15.1 Å².